The molecule has 0 spiro atoms. The SMILES string of the molecule is CCCNC(=S)N1CC(C)C(C)C1. The van der Waals surface area contributed by atoms with Gasteiger partial charge in [0, 0.05) is 19.6 Å². The Labute approximate surface area is 86.7 Å². The van der Waals surface area contributed by atoms with Gasteiger partial charge in [0.1, 0.15) is 0 Å². The Balaban J connectivity index is 2.33. The van der Waals surface area contributed by atoms with Crippen LogP contribution >= 0.6 is 12.2 Å². The van der Waals surface area contributed by atoms with Crippen LogP contribution < -0.4 is 5.32 Å². The number of nitrogens with one attached hydrogen (secondary N) is 1. The van der Waals surface area contributed by atoms with Crippen molar-refractivity contribution < 1.29 is 0 Å². The standard InChI is InChI=1S/C10H20N2S/c1-4-5-11-10(13)12-6-8(2)9(3)7-12/h8-9H,4-7H2,1-3H3,(H,11,13). The van der Waals surface area contributed by atoms with Crippen LogP contribution in [0.3, 0.4) is 0 Å². The highest BCUT2D eigenvalue weighted by molar-refractivity contribution is 7.80. The highest BCUT2D eigenvalue weighted by Crippen LogP contribution is 2.21. The molecule has 1 fully saturated rings. The predicted octanol–water partition coefficient (Wildman–Crippen LogP) is 1.86. The summed E-state index contributed by atoms with van der Waals surface area (Å²) < 4.78 is 0. The fourth-order valence-corrected chi connectivity index (χ4v) is 1.89. The Morgan fingerprint density at radius 2 is 1.92 bits per heavy atom. The van der Waals surface area contributed by atoms with Crippen LogP contribution in [0.4, 0.5) is 0 Å². The maximum atomic E-state index is 5.30. The van der Waals surface area contributed by atoms with E-state index in [1.54, 1.807) is 0 Å². The summed E-state index contributed by atoms with van der Waals surface area (Å²) in [5.74, 6) is 1.56. The van der Waals surface area contributed by atoms with Gasteiger partial charge in [-0.15, -0.1) is 0 Å². The number of thiocarbonyl (C=S) groups is 1. The second-order valence-corrected chi connectivity index (χ2v) is 4.48. The van der Waals surface area contributed by atoms with E-state index in [0.29, 0.717) is 0 Å². The molecular weight excluding hydrogens is 180 g/mol. The Kier molecular flexibility index (Phi) is 3.97. The Hall–Kier alpha value is -0.310. The topological polar surface area (TPSA) is 15.3 Å². The molecular formula is C10H20N2S. The average molecular weight is 200 g/mol. The molecule has 13 heavy (non-hydrogen) atoms. The molecule has 1 heterocycles. The van der Waals surface area contributed by atoms with Crippen molar-refractivity contribution in [3.05, 3.63) is 0 Å². The largest absolute Gasteiger partial charge is 0.363 e. The highest BCUT2D eigenvalue weighted by atomic mass is 32.1. The molecule has 0 aliphatic carbocycles. The van der Waals surface area contributed by atoms with E-state index in [0.717, 1.165) is 43.0 Å². The van der Waals surface area contributed by atoms with Gasteiger partial charge in [-0.3, -0.25) is 0 Å². The molecule has 1 rings (SSSR count). The zero-order chi connectivity index (χ0) is 9.84. The van der Waals surface area contributed by atoms with Gasteiger partial charge in [-0.2, -0.15) is 0 Å². The van der Waals surface area contributed by atoms with E-state index in [2.05, 4.69) is 31.0 Å². The van der Waals surface area contributed by atoms with Crippen molar-refractivity contribution in [1.29, 1.82) is 0 Å². The smallest absolute Gasteiger partial charge is 0.168 e. The van der Waals surface area contributed by atoms with E-state index < -0.39 is 0 Å². The first kappa shape index (κ1) is 10.8. The van der Waals surface area contributed by atoms with E-state index in [9.17, 15) is 0 Å². The molecule has 2 atom stereocenters. The lowest BCUT2D eigenvalue weighted by atomic mass is 10.0. The molecule has 0 bridgehead atoms. The molecule has 0 aromatic heterocycles. The Morgan fingerprint density at radius 1 is 1.38 bits per heavy atom. The van der Waals surface area contributed by atoms with Crippen molar-refractivity contribution in [1.82, 2.24) is 10.2 Å². The van der Waals surface area contributed by atoms with Crippen LogP contribution in [0.5, 0.6) is 0 Å². The average Bonchev–Trinajstić information content (AvgIpc) is 2.43. The van der Waals surface area contributed by atoms with E-state index in [-0.39, 0.29) is 0 Å². The molecule has 0 radical (unpaired) electrons. The molecule has 3 heteroatoms. The first-order chi connectivity index (χ1) is 6.15. The fourth-order valence-electron chi connectivity index (χ4n) is 1.64. The van der Waals surface area contributed by atoms with Crippen LogP contribution in [0, 0.1) is 11.8 Å². The molecule has 1 aliphatic heterocycles. The van der Waals surface area contributed by atoms with E-state index in [1.807, 2.05) is 0 Å². The summed E-state index contributed by atoms with van der Waals surface area (Å²) in [6.07, 6.45) is 1.14. The quantitative estimate of drug-likeness (QED) is 0.685. The number of nitrogens with zero attached hydrogens (tertiary/aromatic N) is 1. The Bertz CT molecular complexity index is 172. The molecule has 76 valence electrons. The minimum atomic E-state index is 0.779. The third kappa shape index (κ3) is 2.83. The van der Waals surface area contributed by atoms with Crippen LogP contribution in [0.25, 0.3) is 0 Å². The van der Waals surface area contributed by atoms with Crippen LogP contribution in [-0.4, -0.2) is 29.6 Å². The molecule has 0 aromatic rings. The van der Waals surface area contributed by atoms with Crippen molar-refractivity contribution >= 4 is 17.3 Å². The molecule has 2 unspecified atom stereocenters. The van der Waals surface area contributed by atoms with Crippen molar-refractivity contribution in [2.45, 2.75) is 27.2 Å². The lowest BCUT2D eigenvalue weighted by Crippen LogP contribution is -2.38. The number of hydrogen-bond acceptors (Lipinski definition) is 1. The molecule has 2 nitrogen and oxygen atoms in total. The van der Waals surface area contributed by atoms with Gasteiger partial charge in [0.25, 0.3) is 0 Å². The molecule has 0 saturated carbocycles. The molecule has 1 N–H and O–H groups in total. The number of hydrogen-bond donors (Lipinski definition) is 1. The monoisotopic (exact) mass is 200 g/mol. The van der Waals surface area contributed by atoms with Crippen LogP contribution in [0.1, 0.15) is 27.2 Å². The van der Waals surface area contributed by atoms with Crippen LogP contribution in [-0.2, 0) is 0 Å². The third-order valence-corrected chi connectivity index (χ3v) is 3.20. The van der Waals surface area contributed by atoms with Gasteiger partial charge >= 0.3 is 0 Å². The first-order valence-corrected chi connectivity index (χ1v) is 5.58. The zero-order valence-electron chi connectivity index (χ0n) is 8.84. The van der Waals surface area contributed by atoms with Crippen LogP contribution in [0.15, 0.2) is 0 Å². The fraction of sp³-hybridized carbons (Fsp3) is 0.900. The summed E-state index contributed by atoms with van der Waals surface area (Å²) in [5, 5.41) is 4.22. The van der Waals surface area contributed by atoms with Crippen molar-refractivity contribution in [2.75, 3.05) is 19.6 Å². The maximum absolute atomic E-state index is 5.30. The van der Waals surface area contributed by atoms with Gasteiger partial charge in [-0.1, -0.05) is 20.8 Å². The van der Waals surface area contributed by atoms with Crippen LogP contribution in [0.2, 0.25) is 0 Å². The van der Waals surface area contributed by atoms with Gasteiger partial charge in [0.05, 0.1) is 0 Å². The molecule has 0 amide bonds. The maximum Gasteiger partial charge on any atom is 0.168 e. The van der Waals surface area contributed by atoms with Gasteiger partial charge in [0.2, 0.25) is 0 Å². The molecule has 1 saturated heterocycles. The second-order valence-electron chi connectivity index (χ2n) is 4.09. The van der Waals surface area contributed by atoms with Gasteiger partial charge < -0.3 is 10.2 Å². The summed E-state index contributed by atoms with van der Waals surface area (Å²) in [7, 11) is 0. The summed E-state index contributed by atoms with van der Waals surface area (Å²) in [4.78, 5) is 2.29. The van der Waals surface area contributed by atoms with Crippen molar-refractivity contribution in [3.8, 4) is 0 Å². The minimum absolute atomic E-state index is 0.779. The highest BCUT2D eigenvalue weighted by Gasteiger charge is 2.27. The summed E-state index contributed by atoms with van der Waals surface area (Å²) >= 11 is 5.30. The van der Waals surface area contributed by atoms with Gasteiger partial charge in [-0.05, 0) is 30.5 Å². The van der Waals surface area contributed by atoms with Gasteiger partial charge in [0.15, 0.2) is 5.11 Å². The first-order valence-electron chi connectivity index (χ1n) is 5.18. The van der Waals surface area contributed by atoms with Crippen molar-refractivity contribution in [3.63, 3.8) is 0 Å². The minimum Gasteiger partial charge on any atom is -0.363 e. The molecule has 1 aliphatic rings. The lowest BCUT2D eigenvalue weighted by molar-refractivity contribution is 0.483. The van der Waals surface area contributed by atoms with Crippen molar-refractivity contribution in [2.24, 2.45) is 11.8 Å². The third-order valence-electron chi connectivity index (χ3n) is 2.80. The number of likely N-dealkylation sites (tertiary alicyclic amines) is 1. The van der Waals surface area contributed by atoms with E-state index in [4.69, 9.17) is 12.2 Å². The zero-order valence-corrected chi connectivity index (χ0v) is 9.66. The number of rotatable bonds is 2. The second kappa shape index (κ2) is 4.80. The summed E-state index contributed by atoms with van der Waals surface area (Å²) in [6, 6.07) is 0. The lowest BCUT2D eigenvalue weighted by Gasteiger charge is -2.19. The molecule has 0 aromatic carbocycles. The summed E-state index contributed by atoms with van der Waals surface area (Å²) in [5.41, 5.74) is 0. The van der Waals surface area contributed by atoms with E-state index >= 15 is 0 Å². The van der Waals surface area contributed by atoms with E-state index in [1.165, 1.54) is 0 Å². The normalized spacial score (nSPS) is 27.8. The Morgan fingerprint density at radius 3 is 2.38 bits per heavy atom. The summed E-state index contributed by atoms with van der Waals surface area (Å²) in [6.45, 7) is 10.00. The van der Waals surface area contributed by atoms with Gasteiger partial charge in [-0.25, -0.2) is 0 Å². The predicted molar refractivity (Wildman–Crippen MR) is 60.8 cm³/mol.